The fourth-order valence-electron chi connectivity index (χ4n) is 2.63. The maximum atomic E-state index is 12.4. The highest BCUT2D eigenvalue weighted by Gasteiger charge is 2.15. The SMILES string of the molecule is Cc1cccnc1CC(C)NC(=O)c1cn(Cc2ccc(Cl)cc2)nn1. The lowest BCUT2D eigenvalue weighted by molar-refractivity contribution is 0.0934. The first-order valence-electron chi connectivity index (χ1n) is 8.37. The van der Waals surface area contributed by atoms with Gasteiger partial charge in [0, 0.05) is 29.4 Å². The molecule has 3 rings (SSSR count). The third-order valence-corrected chi connectivity index (χ3v) is 4.28. The first kappa shape index (κ1) is 18.1. The van der Waals surface area contributed by atoms with E-state index in [0.29, 0.717) is 23.7 Å². The molecular formula is C19H20ClN5O. The highest BCUT2D eigenvalue weighted by atomic mass is 35.5. The summed E-state index contributed by atoms with van der Waals surface area (Å²) in [6.07, 6.45) is 4.07. The Kier molecular flexibility index (Phi) is 5.63. The summed E-state index contributed by atoms with van der Waals surface area (Å²) in [6.45, 7) is 4.49. The Morgan fingerprint density at radius 1 is 1.27 bits per heavy atom. The van der Waals surface area contributed by atoms with Gasteiger partial charge in [-0.15, -0.1) is 5.10 Å². The van der Waals surface area contributed by atoms with Crippen LogP contribution in [0.15, 0.2) is 48.8 Å². The molecule has 0 fully saturated rings. The summed E-state index contributed by atoms with van der Waals surface area (Å²) in [5.41, 5.74) is 3.42. The van der Waals surface area contributed by atoms with Crippen LogP contribution in [0.5, 0.6) is 0 Å². The molecule has 1 amide bonds. The number of carbonyl (C=O) groups is 1. The molecule has 26 heavy (non-hydrogen) atoms. The van der Waals surface area contributed by atoms with E-state index in [1.165, 1.54) is 0 Å². The number of amides is 1. The Bertz CT molecular complexity index is 891. The number of halogens is 1. The molecule has 0 aliphatic carbocycles. The molecule has 2 heterocycles. The van der Waals surface area contributed by atoms with Crippen LogP contribution >= 0.6 is 11.6 Å². The van der Waals surface area contributed by atoms with Crippen molar-refractivity contribution in [3.8, 4) is 0 Å². The average Bonchev–Trinajstić information content (AvgIpc) is 3.08. The molecule has 1 unspecified atom stereocenters. The molecule has 7 heteroatoms. The van der Waals surface area contributed by atoms with E-state index in [1.54, 1.807) is 17.1 Å². The number of benzene rings is 1. The van der Waals surface area contributed by atoms with Crippen molar-refractivity contribution >= 4 is 17.5 Å². The maximum absolute atomic E-state index is 12.4. The standard InChI is InChI=1S/C19H20ClN5O/c1-13-4-3-9-21-17(13)10-14(2)22-19(26)18-12-25(24-23-18)11-15-5-7-16(20)8-6-15/h3-9,12,14H,10-11H2,1-2H3,(H,22,26). The number of rotatable bonds is 6. The number of aryl methyl sites for hydroxylation is 1. The molecule has 3 aromatic rings. The van der Waals surface area contributed by atoms with E-state index in [1.807, 2.05) is 50.2 Å². The maximum Gasteiger partial charge on any atom is 0.273 e. The minimum absolute atomic E-state index is 0.0579. The van der Waals surface area contributed by atoms with Gasteiger partial charge in [0.2, 0.25) is 0 Å². The van der Waals surface area contributed by atoms with E-state index in [-0.39, 0.29) is 11.9 Å². The van der Waals surface area contributed by atoms with Crippen LogP contribution in [0.2, 0.25) is 5.02 Å². The van der Waals surface area contributed by atoms with Gasteiger partial charge in [0.15, 0.2) is 5.69 Å². The summed E-state index contributed by atoms with van der Waals surface area (Å²) >= 11 is 5.88. The number of nitrogens with one attached hydrogen (secondary N) is 1. The van der Waals surface area contributed by atoms with Crippen LogP contribution in [0, 0.1) is 6.92 Å². The number of hydrogen-bond acceptors (Lipinski definition) is 4. The molecule has 0 aliphatic heterocycles. The van der Waals surface area contributed by atoms with Gasteiger partial charge in [-0.05, 0) is 43.2 Å². The molecule has 6 nitrogen and oxygen atoms in total. The Hall–Kier alpha value is -2.73. The topological polar surface area (TPSA) is 72.7 Å². The van der Waals surface area contributed by atoms with Gasteiger partial charge in [0.25, 0.3) is 5.91 Å². The van der Waals surface area contributed by atoms with Crippen molar-refractivity contribution in [2.45, 2.75) is 32.9 Å². The minimum Gasteiger partial charge on any atom is -0.348 e. The molecule has 134 valence electrons. The van der Waals surface area contributed by atoms with Crippen LogP contribution in [0.4, 0.5) is 0 Å². The largest absolute Gasteiger partial charge is 0.348 e. The lowest BCUT2D eigenvalue weighted by Gasteiger charge is -2.13. The van der Waals surface area contributed by atoms with Crippen molar-refractivity contribution in [2.75, 3.05) is 0 Å². The monoisotopic (exact) mass is 369 g/mol. The second-order valence-corrected chi connectivity index (χ2v) is 6.71. The van der Waals surface area contributed by atoms with Crippen LogP contribution in [0.25, 0.3) is 0 Å². The highest BCUT2D eigenvalue weighted by Crippen LogP contribution is 2.11. The van der Waals surface area contributed by atoms with E-state index in [2.05, 4.69) is 20.6 Å². The smallest absolute Gasteiger partial charge is 0.273 e. The van der Waals surface area contributed by atoms with Crippen LogP contribution < -0.4 is 5.32 Å². The lowest BCUT2D eigenvalue weighted by Crippen LogP contribution is -2.34. The van der Waals surface area contributed by atoms with Crippen molar-refractivity contribution in [3.63, 3.8) is 0 Å². The fourth-order valence-corrected chi connectivity index (χ4v) is 2.75. The molecule has 2 aromatic heterocycles. The van der Waals surface area contributed by atoms with Gasteiger partial charge in [-0.2, -0.15) is 0 Å². The van der Waals surface area contributed by atoms with Crippen molar-refractivity contribution in [1.29, 1.82) is 0 Å². The Balaban J connectivity index is 1.59. The zero-order valence-electron chi connectivity index (χ0n) is 14.7. The van der Waals surface area contributed by atoms with E-state index in [9.17, 15) is 4.79 Å². The first-order chi connectivity index (χ1) is 12.5. The van der Waals surface area contributed by atoms with Crippen LogP contribution in [-0.4, -0.2) is 31.9 Å². The molecule has 1 atom stereocenters. The molecule has 0 saturated carbocycles. The van der Waals surface area contributed by atoms with Gasteiger partial charge in [-0.1, -0.05) is 35.0 Å². The van der Waals surface area contributed by atoms with Gasteiger partial charge < -0.3 is 5.32 Å². The Morgan fingerprint density at radius 3 is 2.77 bits per heavy atom. The minimum atomic E-state index is -0.242. The van der Waals surface area contributed by atoms with E-state index >= 15 is 0 Å². The molecule has 0 saturated heterocycles. The summed E-state index contributed by atoms with van der Waals surface area (Å²) in [5, 5.41) is 11.6. The van der Waals surface area contributed by atoms with Gasteiger partial charge in [0.05, 0.1) is 12.7 Å². The Labute approximate surface area is 157 Å². The summed E-state index contributed by atoms with van der Waals surface area (Å²) in [7, 11) is 0. The van der Waals surface area contributed by atoms with Gasteiger partial charge in [-0.25, -0.2) is 4.68 Å². The Morgan fingerprint density at radius 2 is 2.04 bits per heavy atom. The summed E-state index contributed by atoms with van der Waals surface area (Å²) < 4.78 is 1.63. The van der Waals surface area contributed by atoms with Gasteiger partial charge in [-0.3, -0.25) is 9.78 Å². The third kappa shape index (κ3) is 4.67. The van der Waals surface area contributed by atoms with Crippen molar-refractivity contribution < 1.29 is 4.79 Å². The average molecular weight is 370 g/mol. The molecule has 1 aromatic carbocycles. The normalized spacial score (nSPS) is 12.0. The predicted octanol–water partition coefficient (Wildman–Crippen LogP) is 3.04. The van der Waals surface area contributed by atoms with E-state index in [4.69, 9.17) is 11.6 Å². The van der Waals surface area contributed by atoms with E-state index in [0.717, 1.165) is 16.8 Å². The number of carbonyl (C=O) groups excluding carboxylic acids is 1. The molecule has 0 aliphatic rings. The molecule has 1 N–H and O–H groups in total. The van der Waals surface area contributed by atoms with Crippen molar-refractivity contribution in [2.24, 2.45) is 0 Å². The summed E-state index contributed by atoms with van der Waals surface area (Å²) in [4.78, 5) is 16.7. The van der Waals surface area contributed by atoms with E-state index < -0.39 is 0 Å². The zero-order valence-corrected chi connectivity index (χ0v) is 15.4. The van der Waals surface area contributed by atoms with Crippen LogP contribution in [0.1, 0.15) is 34.2 Å². The molecule has 0 radical (unpaired) electrons. The zero-order chi connectivity index (χ0) is 18.5. The van der Waals surface area contributed by atoms with Crippen molar-refractivity contribution in [1.82, 2.24) is 25.3 Å². The van der Waals surface area contributed by atoms with Crippen molar-refractivity contribution in [3.05, 3.63) is 76.3 Å². The number of hydrogen-bond donors (Lipinski definition) is 1. The second-order valence-electron chi connectivity index (χ2n) is 6.27. The second kappa shape index (κ2) is 8.10. The highest BCUT2D eigenvalue weighted by molar-refractivity contribution is 6.30. The molecule has 0 bridgehead atoms. The lowest BCUT2D eigenvalue weighted by atomic mass is 10.1. The number of pyridine rings is 1. The van der Waals surface area contributed by atoms with Crippen LogP contribution in [0.3, 0.4) is 0 Å². The molecular weight excluding hydrogens is 350 g/mol. The van der Waals surface area contributed by atoms with Gasteiger partial charge in [0.1, 0.15) is 0 Å². The fraction of sp³-hybridized carbons (Fsp3) is 0.263. The first-order valence-corrected chi connectivity index (χ1v) is 8.75. The molecule has 0 spiro atoms. The van der Waals surface area contributed by atoms with Gasteiger partial charge >= 0.3 is 0 Å². The quantitative estimate of drug-likeness (QED) is 0.724. The number of nitrogens with zero attached hydrogens (tertiary/aromatic N) is 4. The third-order valence-electron chi connectivity index (χ3n) is 4.02. The van der Waals surface area contributed by atoms with Crippen LogP contribution in [-0.2, 0) is 13.0 Å². The number of aromatic nitrogens is 4. The summed E-state index contributed by atoms with van der Waals surface area (Å²) in [5.74, 6) is -0.242. The summed E-state index contributed by atoms with van der Waals surface area (Å²) in [6, 6.07) is 11.3. The predicted molar refractivity (Wildman–Crippen MR) is 100 cm³/mol.